The molecule has 1 aromatic rings. The average molecular weight is 258 g/mol. The van der Waals surface area contributed by atoms with Gasteiger partial charge in [0.2, 0.25) is 11.8 Å². The van der Waals surface area contributed by atoms with Crippen LogP contribution in [0.2, 0.25) is 0 Å². The van der Waals surface area contributed by atoms with Crippen LogP contribution < -0.4 is 4.74 Å². The predicted octanol–water partition coefficient (Wildman–Crippen LogP) is 2.17. The quantitative estimate of drug-likeness (QED) is 0.780. The van der Waals surface area contributed by atoms with Crippen molar-refractivity contribution in [2.24, 2.45) is 0 Å². The Bertz CT molecular complexity index is 460. The molecule has 0 aliphatic carbocycles. The van der Waals surface area contributed by atoms with E-state index in [4.69, 9.17) is 4.74 Å². The second-order valence-corrected chi connectivity index (χ2v) is 5.21. The van der Waals surface area contributed by atoms with E-state index >= 15 is 0 Å². The largest absolute Gasteiger partial charge is 0.474 e. The van der Waals surface area contributed by atoms with Gasteiger partial charge in [0.05, 0.1) is 0 Å². The van der Waals surface area contributed by atoms with Gasteiger partial charge >= 0.3 is 0 Å². The van der Waals surface area contributed by atoms with Gasteiger partial charge in [-0.25, -0.2) is 4.98 Å². The number of hydrogen-bond donors (Lipinski definition) is 0. The number of pyridine rings is 1. The van der Waals surface area contributed by atoms with Crippen LogP contribution in [0.1, 0.15) is 25.7 Å². The summed E-state index contributed by atoms with van der Waals surface area (Å²) in [6, 6.07) is 6.29. The summed E-state index contributed by atoms with van der Waals surface area (Å²) >= 11 is 0. The van der Waals surface area contributed by atoms with Gasteiger partial charge < -0.3 is 9.64 Å². The standard InChI is InChI=1S/C15H18N2O2/c1-2-15(18)17-11-6-7-12(17)10-13(9-11)19-14-5-3-4-8-16-14/h2-5,8,11-13H,1,6-7,9-10H2/t11-,12+,13?. The molecule has 4 heteroatoms. The Labute approximate surface area is 113 Å². The third-order valence-electron chi connectivity index (χ3n) is 4.04. The van der Waals surface area contributed by atoms with E-state index < -0.39 is 0 Å². The van der Waals surface area contributed by atoms with Crippen molar-refractivity contribution in [2.75, 3.05) is 0 Å². The second kappa shape index (κ2) is 5.03. The van der Waals surface area contributed by atoms with Crippen LogP contribution in [0.15, 0.2) is 37.1 Å². The zero-order chi connectivity index (χ0) is 13.2. The van der Waals surface area contributed by atoms with Gasteiger partial charge in [0.1, 0.15) is 6.10 Å². The van der Waals surface area contributed by atoms with Crippen molar-refractivity contribution in [3.8, 4) is 5.88 Å². The minimum absolute atomic E-state index is 0.0591. The summed E-state index contributed by atoms with van der Waals surface area (Å²) in [7, 11) is 0. The molecule has 0 spiro atoms. The highest BCUT2D eigenvalue weighted by molar-refractivity contribution is 5.87. The van der Waals surface area contributed by atoms with Gasteiger partial charge in [0, 0.05) is 37.2 Å². The highest BCUT2D eigenvalue weighted by Crippen LogP contribution is 2.37. The number of rotatable bonds is 3. The number of carbonyl (C=O) groups excluding carboxylic acids is 1. The van der Waals surface area contributed by atoms with E-state index in [9.17, 15) is 4.79 Å². The molecule has 2 aliphatic rings. The summed E-state index contributed by atoms with van der Waals surface area (Å²) in [6.07, 6.45) is 7.27. The molecule has 2 bridgehead atoms. The number of amides is 1. The number of hydrogen-bond acceptors (Lipinski definition) is 3. The van der Waals surface area contributed by atoms with E-state index in [0.717, 1.165) is 25.7 Å². The first kappa shape index (κ1) is 12.2. The molecule has 3 heterocycles. The fourth-order valence-corrected chi connectivity index (χ4v) is 3.28. The highest BCUT2D eigenvalue weighted by atomic mass is 16.5. The van der Waals surface area contributed by atoms with Crippen LogP contribution in [0.5, 0.6) is 5.88 Å². The monoisotopic (exact) mass is 258 g/mol. The van der Waals surface area contributed by atoms with Gasteiger partial charge in [0.25, 0.3) is 0 Å². The van der Waals surface area contributed by atoms with E-state index in [1.165, 1.54) is 6.08 Å². The van der Waals surface area contributed by atoms with Gasteiger partial charge in [-0.15, -0.1) is 0 Å². The summed E-state index contributed by atoms with van der Waals surface area (Å²) in [5, 5.41) is 0. The Kier molecular flexibility index (Phi) is 3.23. The van der Waals surface area contributed by atoms with E-state index in [0.29, 0.717) is 18.0 Å². The van der Waals surface area contributed by atoms with Gasteiger partial charge in [-0.2, -0.15) is 0 Å². The third-order valence-corrected chi connectivity index (χ3v) is 4.04. The van der Waals surface area contributed by atoms with Gasteiger partial charge in [0.15, 0.2) is 0 Å². The van der Waals surface area contributed by atoms with E-state index in [-0.39, 0.29) is 12.0 Å². The SMILES string of the molecule is C=CC(=O)N1[C@@H]2CC[C@H]1CC(Oc1ccccn1)C2. The van der Waals surface area contributed by atoms with Crippen LogP contribution in [0.3, 0.4) is 0 Å². The minimum Gasteiger partial charge on any atom is -0.474 e. The Hall–Kier alpha value is -1.84. The number of piperidine rings is 1. The zero-order valence-electron chi connectivity index (χ0n) is 10.9. The fraction of sp³-hybridized carbons (Fsp3) is 0.467. The summed E-state index contributed by atoms with van der Waals surface area (Å²) in [5.41, 5.74) is 0. The molecule has 0 saturated carbocycles. The summed E-state index contributed by atoms with van der Waals surface area (Å²) in [5.74, 6) is 0.735. The number of carbonyl (C=O) groups is 1. The summed E-state index contributed by atoms with van der Waals surface area (Å²) < 4.78 is 5.92. The summed E-state index contributed by atoms with van der Waals surface area (Å²) in [4.78, 5) is 18.0. The molecular formula is C15H18N2O2. The molecule has 19 heavy (non-hydrogen) atoms. The lowest BCUT2D eigenvalue weighted by atomic mass is 9.99. The van der Waals surface area contributed by atoms with Crippen molar-refractivity contribution >= 4 is 5.91 Å². The molecular weight excluding hydrogens is 240 g/mol. The smallest absolute Gasteiger partial charge is 0.246 e. The van der Waals surface area contributed by atoms with Gasteiger partial charge in [-0.3, -0.25) is 4.79 Å². The van der Waals surface area contributed by atoms with Crippen molar-refractivity contribution < 1.29 is 9.53 Å². The van der Waals surface area contributed by atoms with Crippen LogP contribution in [0.25, 0.3) is 0 Å². The van der Waals surface area contributed by atoms with Crippen LogP contribution in [0, 0.1) is 0 Å². The topological polar surface area (TPSA) is 42.4 Å². The maximum Gasteiger partial charge on any atom is 0.246 e. The first-order chi connectivity index (χ1) is 9.28. The molecule has 0 N–H and O–H groups in total. The predicted molar refractivity (Wildman–Crippen MR) is 71.7 cm³/mol. The fourth-order valence-electron chi connectivity index (χ4n) is 3.28. The first-order valence-electron chi connectivity index (χ1n) is 6.80. The maximum atomic E-state index is 11.8. The first-order valence-corrected chi connectivity index (χ1v) is 6.80. The Morgan fingerprint density at radius 3 is 2.68 bits per heavy atom. The normalized spacial score (nSPS) is 29.1. The lowest BCUT2D eigenvalue weighted by Crippen LogP contribution is -2.48. The lowest BCUT2D eigenvalue weighted by molar-refractivity contribution is -0.131. The molecule has 0 radical (unpaired) electrons. The van der Waals surface area contributed by atoms with Crippen molar-refractivity contribution in [3.63, 3.8) is 0 Å². The van der Waals surface area contributed by atoms with Crippen LogP contribution >= 0.6 is 0 Å². The second-order valence-electron chi connectivity index (χ2n) is 5.21. The molecule has 1 amide bonds. The molecule has 0 aromatic carbocycles. The van der Waals surface area contributed by atoms with Crippen LogP contribution in [0.4, 0.5) is 0 Å². The van der Waals surface area contributed by atoms with Crippen molar-refractivity contribution in [1.29, 1.82) is 0 Å². The number of aromatic nitrogens is 1. The highest BCUT2D eigenvalue weighted by Gasteiger charge is 2.43. The zero-order valence-corrected chi connectivity index (χ0v) is 10.9. The van der Waals surface area contributed by atoms with E-state index in [2.05, 4.69) is 11.6 Å². The van der Waals surface area contributed by atoms with Gasteiger partial charge in [-0.05, 0) is 25.0 Å². The molecule has 4 nitrogen and oxygen atoms in total. The minimum atomic E-state index is 0.0591. The molecule has 2 saturated heterocycles. The lowest BCUT2D eigenvalue weighted by Gasteiger charge is -2.38. The molecule has 100 valence electrons. The summed E-state index contributed by atoms with van der Waals surface area (Å²) in [6.45, 7) is 3.59. The van der Waals surface area contributed by atoms with Crippen molar-refractivity contribution in [1.82, 2.24) is 9.88 Å². The maximum absolute atomic E-state index is 11.8. The van der Waals surface area contributed by atoms with Gasteiger partial charge in [-0.1, -0.05) is 12.6 Å². The Morgan fingerprint density at radius 1 is 1.37 bits per heavy atom. The number of nitrogens with zero attached hydrogens (tertiary/aromatic N) is 2. The third kappa shape index (κ3) is 2.35. The molecule has 2 fully saturated rings. The number of fused-ring (bicyclic) bond motifs is 2. The molecule has 1 aromatic heterocycles. The number of ether oxygens (including phenoxy) is 1. The van der Waals surface area contributed by atoms with Crippen LogP contribution in [-0.4, -0.2) is 34.0 Å². The van der Waals surface area contributed by atoms with E-state index in [1.54, 1.807) is 6.20 Å². The Balaban J connectivity index is 1.67. The molecule has 3 rings (SSSR count). The molecule has 1 unspecified atom stereocenters. The van der Waals surface area contributed by atoms with Crippen molar-refractivity contribution in [3.05, 3.63) is 37.1 Å². The molecule has 2 aliphatic heterocycles. The van der Waals surface area contributed by atoms with E-state index in [1.807, 2.05) is 23.1 Å². The molecule has 3 atom stereocenters. The van der Waals surface area contributed by atoms with Crippen molar-refractivity contribution in [2.45, 2.75) is 43.9 Å². The average Bonchev–Trinajstić information content (AvgIpc) is 2.71. The van der Waals surface area contributed by atoms with Crippen LogP contribution in [-0.2, 0) is 4.79 Å². The Morgan fingerprint density at radius 2 is 2.11 bits per heavy atom.